The maximum atomic E-state index is 13.1. The maximum absolute atomic E-state index is 13.1. The molecule has 166 valence electrons. The first-order valence-corrected chi connectivity index (χ1v) is 11.8. The van der Waals surface area contributed by atoms with Crippen LogP contribution < -0.4 is 5.32 Å². The van der Waals surface area contributed by atoms with Crippen molar-refractivity contribution in [1.82, 2.24) is 14.5 Å². The van der Waals surface area contributed by atoms with Crippen molar-refractivity contribution in [3.05, 3.63) is 77.3 Å². The van der Waals surface area contributed by atoms with Gasteiger partial charge in [-0.2, -0.15) is 4.31 Å². The van der Waals surface area contributed by atoms with E-state index in [1.54, 1.807) is 41.3 Å². The van der Waals surface area contributed by atoms with Crippen molar-refractivity contribution in [2.24, 2.45) is 0 Å². The van der Waals surface area contributed by atoms with Crippen LogP contribution in [0.4, 0.5) is 9.18 Å². The van der Waals surface area contributed by atoms with Crippen LogP contribution in [0.15, 0.2) is 75.3 Å². The highest BCUT2D eigenvalue weighted by molar-refractivity contribution is 7.89. The van der Waals surface area contributed by atoms with E-state index >= 15 is 0 Å². The number of carbonyl (C=O) groups is 1. The number of hydrogen-bond donors (Lipinski definition) is 1. The van der Waals surface area contributed by atoms with Crippen LogP contribution in [0.3, 0.4) is 0 Å². The zero-order valence-corrected chi connectivity index (χ0v) is 18.1. The van der Waals surface area contributed by atoms with Crippen molar-refractivity contribution in [1.29, 1.82) is 0 Å². The Morgan fingerprint density at radius 1 is 1.00 bits per heavy atom. The summed E-state index contributed by atoms with van der Waals surface area (Å²) < 4.78 is 45.9. The molecular formula is C23H22FN3O4S. The van der Waals surface area contributed by atoms with Gasteiger partial charge in [0.05, 0.1) is 11.2 Å². The van der Waals surface area contributed by atoms with Crippen LogP contribution >= 0.6 is 0 Å². The van der Waals surface area contributed by atoms with E-state index in [1.807, 2.05) is 0 Å². The molecule has 3 heterocycles. The third-order valence-electron chi connectivity index (χ3n) is 5.95. The van der Waals surface area contributed by atoms with Gasteiger partial charge >= 0.3 is 6.03 Å². The number of halogens is 1. The number of carbonyl (C=O) groups excluding carboxylic acids is 1. The molecule has 1 aromatic heterocycles. The Balaban J connectivity index is 1.16. The van der Waals surface area contributed by atoms with E-state index in [4.69, 9.17) is 4.42 Å². The zero-order valence-electron chi connectivity index (χ0n) is 17.3. The van der Waals surface area contributed by atoms with Crippen LogP contribution in [0, 0.1) is 5.82 Å². The third-order valence-corrected chi connectivity index (χ3v) is 7.74. The molecule has 2 aromatic carbocycles. The molecule has 9 heteroatoms. The number of hydrogen-bond acceptors (Lipinski definition) is 4. The Morgan fingerprint density at radius 2 is 1.72 bits per heavy atom. The number of benzene rings is 2. The number of amides is 2. The zero-order chi connectivity index (χ0) is 22.3. The Labute approximate surface area is 185 Å². The van der Waals surface area contributed by atoms with Crippen molar-refractivity contribution >= 4 is 27.0 Å². The summed E-state index contributed by atoms with van der Waals surface area (Å²) in [5, 5.41) is 3.63. The first-order chi connectivity index (χ1) is 15.4. The number of sulfonamides is 1. The van der Waals surface area contributed by atoms with Gasteiger partial charge < -0.3 is 14.6 Å². The second-order valence-corrected chi connectivity index (χ2v) is 10.0. The second kappa shape index (κ2) is 8.07. The normalized spacial score (nSPS) is 16.7. The second-order valence-electron chi connectivity index (χ2n) is 8.06. The molecule has 0 fully saturated rings. The fraction of sp³-hybridized carbons (Fsp3) is 0.261. The van der Waals surface area contributed by atoms with Gasteiger partial charge in [-0.1, -0.05) is 12.1 Å². The van der Waals surface area contributed by atoms with E-state index in [9.17, 15) is 17.6 Å². The molecule has 1 N–H and O–H groups in total. The smallest absolute Gasteiger partial charge is 0.317 e. The maximum Gasteiger partial charge on any atom is 0.317 e. The van der Waals surface area contributed by atoms with Crippen LogP contribution in [0.2, 0.25) is 0 Å². The topological polar surface area (TPSA) is 82.9 Å². The summed E-state index contributed by atoms with van der Waals surface area (Å²) in [5.74, 6) is -0.284. The molecule has 0 unspecified atom stereocenters. The lowest BCUT2D eigenvalue weighted by Crippen LogP contribution is -2.42. The lowest BCUT2D eigenvalue weighted by Gasteiger charge is -2.23. The number of nitrogens with zero attached hydrogens (tertiary/aromatic N) is 2. The molecule has 0 saturated heterocycles. The van der Waals surface area contributed by atoms with E-state index < -0.39 is 10.0 Å². The average molecular weight is 456 g/mol. The minimum atomic E-state index is -3.63. The van der Waals surface area contributed by atoms with Gasteiger partial charge in [-0.05, 0) is 59.5 Å². The largest absolute Gasteiger partial charge is 0.464 e. The Kier molecular flexibility index (Phi) is 5.22. The van der Waals surface area contributed by atoms with E-state index in [2.05, 4.69) is 5.32 Å². The minimum absolute atomic E-state index is 0.179. The molecule has 2 amide bonds. The first kappa shape index (κ1) is 20.7. The molecule has 0 aliphatic carbocycles. The van der Waals surface area contributed by atoms with Crippen LogP contribution in [-0.2, 0) is 16.4 Å². The average Bonchev–Trinajstić information content (AvgIpc) is 3.49. The van der Waals surface area contributed by atoms with Crippen molar-refractivity contribution in [2.45, 2.75) is 11.3 Å². The highest BCUT2D eigenvalue weighted by atomic mass is 32.2. The molecular weight excluding hydrogens is 433 g/mol. The quantitative estimate of drug-likeness (QED) is 0.600. The van der Waals surface area contributed by atoms with Gasteiger partial charge in [-0.3, -0.25) is 0 Å². The molecule has 0 atom stereocenters. The fourth-order valence-corrected chi connectivity index (χ4v) is 5.66. The van der Waals surface area contributed by atoms with Crippen molar-refractivity contribution in [3.8, 4) is 0 Å². The van der Waals surface area contributed by atoms with Crippen LogP contribution in [0.5, 0.6) is 0 Å². The van der Waals surface area contributed by atoms with Crippen molar-refractivity contribution < 1.29 is 22.0 Å². The van der Waals surface area contributed by atoms with Crippen LogP contribution in [-0.4, -0.2) is 56.4 Å². The predicted molar refractivity (Wildman–Crippen MR) is 117 cm³/mol. The summed E-state index contributed by atoms with van der Waals surface area (Å²) in [4.78, 5) is 14.4. The van der Waals surface area contributed by atoms with Gasteiger partial charge in [0.25, 0.3) is 0 Å². The lowest BCUT2D eigenvalue weighted by atomic mass is 10.1. The molecule has 3 aromatic rings. The number of fused-ring (bicyclic) bond motifs is 1. The number of urea groups is 1. The van der Waals surface area contributed by atoms with Gasteiger partial charge in [0, 0.05) is 38.1 Å². The summed E-state index contributed by atoms with van der Waals surface area (Å²) in [6.45, 7) is 1.87. The SMILES string of the molecule is O=C(NCCc1ccc(F)cc1)N1CC2=C(C1)CN(S(=O)(=O)c1ccc3occc3c1)C2. The van der Waals surface area contributed by atoms with Gasteiger partial charge in [0.1, 0.15) is 11.4 Å². The summed E-state index contributed by atoms with van der Waals surface area (Å²) >= 11 is 0. The van der Waals surface area contributed by atoms with Gasteiger partial charge in [0.2, 0.25) is 10.0 Å². The van der Waals surface area contributed by atoms with E-state index in [-0.39, 0.29) is 16.7 Å². The van der Waals surface area contributed by atoms with Gasteiger partial charge in [0.15, 0.2) is 0 Å². The highest BCUT2D eigenvalue weighted by Gasteiger charge is 2.37. The summed E-state index contributed by atoms with van der Waals surface area (Å²) in [5.41, 5.74) is 3.55. The Hall–Kier alpha value is -3.17. The Morgan fingerprint density at radius 3 is 2.44 bits per heavy atom. The molecule has 0 radical (unpaired) electrons. The minimum Gasteiger partial charge on any atom is -0.464 e. The number of rotatable bonds is 5. The van der Waals surface area contributed by atoms with E-state index in [0.717, 1.165) is 22.1 Å². The molecule has 2 aliphatic heterocycles. The molecule has 0 spiro atoms. The fourth-order valence-electron chi connectivity index (χ4n) is 4.19. The van der Waals surface area contributed by atoms with Crippen LogP contribution in [0.1, 0.15) is 5.56 Å². The van der Waals surface area contributed by atoms with E-state index in [0.29, 0.717) is 44.7 Å². The van der Waals surface area contributed by atoms with Crippen molar-refractivity contribution in [2.75, 3.05) is 32.7 Å². The molecule has 0 bridgehead atoms. The predicted octanol–water partition coefficient (Wildman–Crippen LogP) is 3.14. The van der Waals surface area contributed by atoms with E-state index in [1.165, 1.54) is 22.7 Å². The summed E-state index contributed by atoms with van der Waals surface area (Å²) in [7, 11) is -3.63. The van der Waals surface area contributed by atoms with Gasteiger partial charge in [-0.15, -0.1) is 0 Å². The molecule has 7 nitrogen and oxygen atoms in total. The number of nitrogens with one attached hydrogen (secondary N) is 1. The Bertz CT molecular complexity index is 1300. The standard InChI is InChI=1S/C23H22FN3O4S/c24-20-3-1-16(2-4-20)7-9-25-23(28)26-12-18-14-27(15-19(18)13-26)32(29,30)21-5-6-22-17(11-21)8-10-31-22/h1-6,8,10-11H,7,9,12-15H2,(H,25,28). The first-order valence-electron chi connectivity index (χ1n) is 10.3. The molecule has 0 saturated carbocycles. The molecule has 32 heavy (non-hydrogen) atoms. The lowest BCUT2D eigenvalue weighted by molar-refractivity contribution is 0.208. The molecule has 5 rings (SSSR count). The van der Waals surface area contributed by atoms with Gasteiger partial charge in [-0.25, -0.2) is 17.6 Å². The number of furan rings is 1. The summed E-state index contributed by atoms with van der Waals surface area (Å²) in [6, 6.07) is 12.6. The molecule has 2 aliphatic rings. The summed E-state index contributed by atoms with van der Waals surface area (Å²) in [6.07, 6.45) is 2.15. The third kappa shape index (κ3) is 3.89. The van der Waals surface area contributed by atoms with Crippen LogP contribution in [0.25, 0.3) is 11.0 Å². The highest BCUT2D eigenvalue weighted by Crippen LogP contribution is 2.31. The van der Waals surface area contributed by atoms with Crippen molar-refractivity contribution in [3.63, 3.8) is 0 Å². The monoisotopic (exact) mass is 455 g/mol.